The minimum atomic E-state index is 0.127. The quantitative estimate of drug-likeness (QED) is 0.895. The first-order valence-corrected chi connectivity index (χ1v) is 6.85. The number of nitrogens with one attached hydrogen (secondary N) is 1. The smallest absolute Gasteiger partial charge is 0.253 e. The van der Waals surface area contributed by atoms with Crippen molar-refractivity contribution in [2.75, 3.05) is 46.1 Å². The van der Waals surface area contributed by atoms with Gasteiger partial charge < -0.3 is 15.1 Å². The van der Waals surface area contributed by atoms with Gasteiger partial charge in [0.2, 0.25) is 0 Å². The Balaban J connectivity index is 2.15. The highest BCUT2D eigenvalue weighted by atomic mass is 16.2. The molecule has 4 nitrogen and oxygen atoms in total. The highest BCUT2D eigenvalue weighted by molar-refractivity contribution is 5.97. The number of likely N-dealkylation sites (N-methyl/N-ethyl adjacent to an activating group) is 2. The molecule has 1 heterocycles. The lowest BCUT2D eigenvalue weighted by molar-refractivity contribution is 0.0785. The Bertz CT molecular complexity index is 457. The molecule has 0 spiro atoms. The van der Waals surface area contributed by atoms with Crippen LogP contribution in [0.2, 0.25) is 0 Å². The van der Waals surface area contributed by atoms with Crippen LogP contribution in [0.1, 0.15) is 22.3 Å². The Morgan fingerprint density at radius 1 is 1.26 bits per heavy atom. The average molecular weight is 261 g/mol. The molecule has 19 heavy (non-hydrogen) atoms. The van der Waals surface area contributed by atoms with E-state index >= 15 is 0 Å². The fourth-order valence-corrected chi connectivity index (χ4v) is 2.37. The molecule has 1 aromatic carbocycles. The third kappa shape index (κ3) is 3.26. The molecule has 0 aromatic heterocycles. The van der Waals surface area contributed by atoms with E-state index < -0.39 is 0 Å². The van der Waals surface area contributed by atoms with Gasteiger partial charge in [0, 0.05) is 37.9 Å². The first-order valence-electron chi connectivity index (χ1n) is 6.85. The summed E-state index contributed by atoms with van der Waals surface area (Å²) < 4.78 is 0. The molecule has 1 N–H and O–H groups in total. The van der Waals surface area contributed by atoms with Gasteiger partial charge in [-0.3, -0.25) is 4.79 Å². The average Bonchev–Trinajstić information content (AvgIpc) is 2.43. The largest absolute Gasteiger partial charge is 0.385 e. The third-order valence-electron chi connectivity index (χ3n) is 3.55. The Hall–Kier alpha value is -1.55. The maximum atomic E-state index is 12.5. The van der Waals surface area contributed by atoms with Crippen LogP contribution in [0, 0.1) is 0 Å². The number of amides is 1. The fourth-order valence-electron chi connectivity index (χ4n) is 2.37. The van der Waals surface area contributed by atoms with E-state index in [1.807, 2.05) is 38.2 Å². The van der Waals surface area contributed by atoms with Crippen molar-refractivity contribution in [3.8, 4) is 0 Å². The van der Waals surface area contributed by atoms with E-state index in [1.54, 1.807) is 0 Å². The summed E-state index contributed by atoms with van der Waals surface area (Å²) in [5.41, 5.74) is 3.15. The van der Waals surface area contributed by atoms with Gasteiger partial charge in [-0.1, -0.05) is 6.07 Å². The number of carbonyl (C=O) groups excluding carboxylic acids is 1. The minimum Gasteiger partial charge on any atom is -0.385 e. The van der Waals surface area contributed by atoms with Gasteiger partial charge in [0.15, 0.2) is 0 Å². The molecule has 0 radical (unpaired) electrons. The summed E-state index contributed by atoms with van der Waals surface area (Å²) in [5, 5.41) is 3.37. The van der Waals surface area contributed by atoms with Gasteiger partial charge in [-0.15, -0.1) is 0 Å². The highest BCUT2D eigenvalue weighted by Crippen LogP contribution is 2.25. The molecule has 4 heteroatoms. The number of benzene rings is 1. The second-order valence-electron chi connectivity index (χ2n) is 5.39. The summed E-state index contributed by atoms with van der Waals surface area (Å²) in [6.07, 6.45) is 2.09. The normalized spacial score (nSPS) is 13.9. The molecule has 1 amide bonds. The summed E-state index contributed by atoms with van der Waals surface area (Å²) in [5.74, 6) is 0.127. The first kappa shape index (κ1) is 13.9. The summed E-state index contributed by atoms with van der Waals surface area (Å²) >= 11 is 0. The van der Waals surface area contributed by atoms with E-state index in [0.29, 0.717) is 0 Å². The van der Waals surface area contributed by atoms with Crippen LogP contribution in [-0.2, 0) is 6.42 Å². The van der Waals surface area contributed by atoms with Gasteiger partial charge in [-0.25, -0.2) is 0 Å². The van der Waals surface area contributed by atoms with E-state index in [1.165, 1.54) is 5.56 Å². The first-order chi connectivity index (χ1) is 9.09. The minimum absolute atomic E-state index is 0.127. The molecular formula is C15H23N3O. The second-order valence-corrected chi connectivity index (χ2v) is 5.39. The molecule has 1 aliphatic heterocycles. The van der Waals surface area contributed by atoms with Gasteiger partial charge in [0.05, 0.1) is 0 Å². The Labute approximate surface area is 115 Å². The summed E-state index contributed by atoms with van der Waals surface area (Å²) in [4.78, 5) is 16.4. The van der Waals surface area contributed by atoms with Gasteiger partial charge in [0.1, 0.15) is 0 Å². The number of carbonyl (C=O) groups is 1. The molecule has 1 aromatic rings. The zero-order valence-corrected chi connectivity index (χ0v) is 12.1. The van der Waals surface area contributed by atoms with Crippen LogP contribution in [0.4, 0.5) is 5.69 Å². The molecule has 0 fully saturated rings. The van der Waals surface area contributed by atoms with Crippen molar-refractivity contribution < 1.29 is 4.79 Å². The summed E-state index contributed by atoms with van der Waals surface area (Å²) in [6, 6.07) is 5.97. The molecule has 0 saturated heterocycles. The monoisotopic (exact) mass is 261 g/mol. The van der Waals surface area contributed by atoms with Crippen LogP contribution in [0.5, 0.6) is 0 Å². The number of anilines is 1. The van der Waals surface area contributed by atoms with E-state index in [-0.39, 0.29) is 5.91 Å². The van der Waals surface area contributed by atoms with E-state index in [9.17, 15) is 4.79 Å². The second kappa shape index (κ2) is 6.06. The number of fused-ring (bicyclic) bond motifs is 1. The van der Waals surface area contributed by atoms with Crippen molar-refractivity contribution in [1.29, 1.82) is 0 Å². The van der Waals surface area contributed by atoms with Crippen LogP contribution < -0.4 is 5.32 Å². The molecule has 0 atom stereocenters. The number of rotatable bonds is 4. The van der Waals surface area contributed by atoms with Crippen molar-refractivity contribution in [3.63, 3.8) is 0 Å². The van der Waals surface area contributed by atoms with Crippen LogP contribution in [0.15, 0.2) is 18.2 Å². The van der Waals surface area contributed by atoms with E-state index in [0.717, 1.165) is 43.7 Å². The zero-order chi connectivity index (χ0) is 13.8. The summed E-state index contributed by atoms with van der Waals surface area (Å²) in [6.45, 7) is 2.64. The molecule has 0 saturated carbocycles. The van der Waals surface area contributed by atoms with Gasteiger partial charge in [-0.05, 0) is 44.6 Å². The Morgan fingerprint density at radius 2 is 2.05 bits per heavy atom. The summed E-state index contributed by atoms with van der Waals surface area (Å²) in [7, 11) is 5.92. The van der Waals surface area contributed by atoms with Gasteiger partial charge >= 0.3 is 0 Å². The molecule has 2 rings (SSSR count). The molecule has 0 bridgehead atoms. The van der Waals surface area contributed by atoms with E-state index in [2.05, 4.69) is 16.3 Å². The standard InChI is InChI=1S/C15H23N3O/c1-17(2)10-11-18(3)15(19)13-6-4-8-14-12(13)7-5-9-16-14/h4,6,8,16H,5,7,9-11H2,1-3H3. The lowest BCUT2D eigenvalue weighted by Gasteiger charge is -2.24. The van der Waals surface area contributed by atoms with Crippen LogP contribution in [-0.4, -0.2) is 56.5 Å². The maximum absolute atomic E-state index is 12.5. The lowest BCUT2D eigenvalue weighted by Crippen LogP contribution is -2.34. The van der Waals surface area contributed by atoms with Crippen molar-refractivity contribution in [1.82, 2.24) is 9.80 Å². The number of hydrogen-bond acceptors (Lipinski definition) is 3. The van der Waals surface area contributed by atoms with Gasteiger partial charge in [-0.2, -0.15) is 0 Å². The number of hydrogen-bond donors (Lipinski definition) is 1. The SMILES string of the molecule is CN(C)CCN(C)C(=O)c1cccc2c1CCCN2. The molecule has 104 valence electrons. The maximum Gasteiger partial charge on any atom is 0.253 e. The van der Waals surface area contributed by atoms with Gasteiger partial charge in [0.25, 0.3) is 5.91 Å². The Kier molecular flexibility index (Phi) is 4.43. The fraction of sp³-hybridized carbons (Fsp3) is 0.533. The van der Waals surface area contributed by atoms with E-state index in [4.69, 9.17) is 0 Å². The number of nitrogens with zero attached hydrogens (tertiary/aromatic N) is 2. The van der Waals surface area contributed by atoms with Crippen molar-refractivity contribution in [2.45, 2.75) is 12.8 Å². The molecular weight excluding hydrogens is 238 g/mol. The predicted octanol–water partition coefficient (Wildman–Crippen LogP) is 1.68. The van der Waals surface area contributed by atoms with Crippen LogP contribution in [0.25, 0.3) is 0 Å². The molecule has 1 aliphatic rings. The third-order valence-corrected chi connectivity index (χ3v) is 3.55. The topological polar surface area (TPSA) is 35.6 Å². The molecule has 0 unspecified atom stereocenters. The van der Waals surface area contributed by atoms with Crippen molar-refractivity contribution in [2.24, 2.45) is 0 Å². The Morgan fingerprint density at radius 3 is 2.79 bits per heavy atom. The lowest BCUT2D eigenvalue weighted by atomic mass is 9.97. The van der Waals surface area contributed by atoms with Crippen LogP contribution in [0.3, 0.4) is 0 Å². The van der Waals surface area contributed by atoms with Crippen LogP contribution >= 0.6 is 0 Å². The zero-order valence-electron chi connectivity index (χ0n) is 12.1. The molecule has 0 aliphatic carbocycles. The van der Waals surface area contributed by atoms with Crippen molar-refractivity contribution >= 4 is 11.6 Å². The highest BCUT2D eigenvalue weighted by Gasteiger charge is 2.19. The van der Waals surface area contributed by atoms with Crippen molar-refractivity contribution in [3.05, 3.63) is 29.3 Å². The predicted molar refractivity (Wildman–Crippen MR) is 78.8 cm³/mol.